The van der Waals surface area contributed by atoms with Gasteiger partial charge in [-0.05, 0) is 18.2 Å². The van der Waals surface area contributed by atoms with E-state index in [0.29, 0.717) is 16.8 Å². The van der Waals surface area contributed by atoms with E-state index in [1.807, 2.05) is 6.07 Å². The Kier molecular flexibility index (Phi) is 3.47. The van der Waals surface area contributed by atoms with Crippen LogP contribution in [0.1, 0.15) is 15.9 Å². The van der Waals surface area contributed by atoms with Crippen LogP contribution in [0.3, 0.4) is 0 Å². The minimum Gasteiger partial charge on any atom is -0.392 e. The number of benzene rings is 1. The van der Waals surface area contributed by atoms with E-state index in [1.165, 1.54) is 0 Å². The SMILES string of the molecule is O=C(Nc1ccccc1CO)c1ccncc1. The number of hydrogen-bond acceptors (Lipinski definition) is 3. The quantitative estimate of drug-likeness (QED) is 0.842. The maximum absolute atomic E-state index is 11.9. The summed E-state index contributed by atoms with van der Waals surface area (Å²) in [6.45, 7) is -0.104. The Morgan fingerprint density at radius 2 is 1.88 bits per heavy atom. The summed E-state index contributed by atoms with van der Waals surface area (Å²) >= 11 is 0. The van der Waals surface area contributed by atoms with E-state index in [9.17, 15) is 4.79 Å². The molecule has 2 rings (SSSR count). The largest absolute Gasteiger partial charge is 0.392 e. The molecule has 0 atom stereocenters. The topological polar surface area (TPSA) is 62.2 Å². The fourth-order valence-electron chi connectivity index (χ4n) is 1.48. The number of para-hydroxylation sites is 1. The molecule has 1 heterocycles. The molecule has 2 N–H and O–H groups in total. The summed E-state index contributed by atoms with van der Waals surface area (Å²) in [5.74, 6) is -0.215. The maximum atomic E-state index is 11.9. The number of aromatic nitrogens is 1. The van der Waals surface area contributed by atoms with E-state index in [-0.39, 0.29) is 12.5 Å². The Morgan fingerprint density at radius 3 is 2.59 bits per heavy atom. The molecule has 2 aromatic rings. The zero-order chi connectivity index (χ0) is 12.1. The first-order chi connectivity index (χ1) is 8.31. The second kappa shape index (κ2) is 5.23. The normalized spacial score (nSPS) is 9.94. The number of hydrogen-bond donors (Lipinski definition) is 2. The van der Waals surface area contributed by atoms with Gasteiger partial charge in [-0.2, -0.15) is 0 Å². The number of anilines is 1. The summed E-state index contributed by atoms with van der Waals surface area (Å²) in [5, 5.41) is 11.9. The lowest BCUT2D eigenvalue weighted by molar-refractivity contribution is 0.102. The predicted molar refractivity (Wildman–Crippen MR) is 64.6 cm³/mol. The lowest BCUT2D eigenvalue weighted by Crippen LogP contribution is -2.13. The number of carbonyl (C=O) groups is 1. The summed E-state index contributed by atoms with van der Waals surface area (Å²) < 4.78 is 0. The second-order valence-corrected chi connectivity index (χ2v) is 3.51. The van der Waals surface area contributed by atoms with Crippen LogP contribution in [-0.2, 0) is 6.61 Å². The number of nitrogens with zero attached hydrogens (tertiary/aromatic N) is 1. The van der Waals surface area contributed by atoms with Crippen LogP contribution >= 0.6 is 0 Å². The number of nitrogens with one attached hydrogen (secondary N) is 1. The first kappa shape index (κ1) is 11.3. The van der Waals surface area contributed by atoms with Gasteiger partial charge in [-0.25, -0.2) is 0 Å². The summed E-state index contributed by atoms with van der Waals surface area (Å²) in [5.41, 5.74) is 1.85. The van der Waals surface area contributed by atoms with E-state index < -0.39 is 0 Å². The first-order valence-electron chi connectivity index (χ1n) is 5.21. The molecule has 0 aliphatic heterocycles. The molecule has 0 fully saturated rings. The van der Waals surface area contributed by atoms with Gasteiger partial charge in [-0.3, -0.25) is 9.78 Å². The summed E-state index contributed by atoms with van der Waals surface area (Å²) in [4.78, 5) is 15.7. The van der Waals surface area contributed by atoms with Gasteiger partial charge < -0.3 is 10.4 Å². The number of rotatable bonds is 3. The van der Waals surface area contributed by atoms with Gasteiger partial charge >= 0.3 is 0 Å². The van der Waals surface area contributed by atoms with Crippen LogP contribution in [0.2, 0.25) is 0 Å². The molecule has 4 nitrogen and oxygen atoms in total. The summed E-state index contributed by atoms with van der Waals surface area (Å²) in [7, 11) is 0. The van der Waals surface area contributed by atoms with Crippen LogP contribution in [-0.4, -0.2) is 16.0 Å². The Morgan fingerprint density at radius 1 is 1.18 bits per heavy atom. The lowest BCUT2D eigenvalue weighted by Gasteiger charge is -2.08. The highest BCUT2D eigenvalue weighted by molar-refractivity contribution is 6.04. The van der Waals surface area contributed by atoms with Crippen molar-refractivity contribution in [2.75, 3.05) is 5.32 Å². The average Bonchev–Trinajstić information content (AvgIpc) is 2.40. The third-order valence-electron chi connectivity index (χ3n) is 2.38. The minimum atomic E-state index is -0.215. The van der Waals surface area contributed by atoms with Crippen LogP contribution in [0.15, 0.2) is 48.8 Å². The van der Waals surface area contributed by atoms with Gasteiger partial charge in [0.15, 0.2) is 0 Å². The second-order valence-electron chi connectivity index (χ2n) is 3.51. The minimum absolute atomic E-state index is 0.104. The number of aliphatic hydroxyl groups excluding tert-OH is 1. The number of amides is 1. The van der Waals surface area contributed by atoms with Gasteiger partial charge in [-0.1, -0.05) is 18.2 Å². The van der Waals surface area contributed by atoms with Crippen LogP contribution in [0.5, 0.6) is 0 Å². The van der Waals surface area contributed by atoms with Crippen molar-refractivity contribution in [1.82, 2.24) is 4.98 Å². The van der Waals surface area contributed by atoms with Crippen molar-refractivity contribution < 1.29 is 9.90 Å². The van der Waals surface area contributed by atoms with Crippen molar-refractivity contribution in [1.29, 1.82) is 0 Å². The molecule has 0 unspecified atom stereocenters. The van der Waals surface area contributed by atoms with E-state index in [1.54, 1.807) is 42.7 Å². The highest BCUT2D eigenvalue weighted by Crippen LogP contribution is 2.15. The molecule has 0 saturated heterocycles. The van der Waals surface area contributed by atoms with Gasteiger partial charge in [0.25, 0.3) is 5.91 Å². The third-order valence-corrected chi connectivity index (χ3v) is 2.38. The highest BCUT2D eigenvalue weighted by atomic mass is 16.3. The molecule has 17 heavy (non-hydrogen) atoms. The average molecular weight is 228 g/mol. The van der Waals surface area contributed by atoms with Gasteiger partial charge in [0, 0.05) is 29.2 Å². The van der Waals surface area contributed by atoms with Gasteiger partial charge in [0.2, 0.25) is 0 Å². The first-order valence-corrected chi connectivity index (χ1v) is 5.21. The molecular formula is C13H12N2O2. The molecule has 0 saturated carbocycles. The molecular weight excluding hydrogens is 216 g/mol. The molecule has 0 radical (unpaired) electrons. The zero-order valence-corrected chi connectivity index (χ0v) is 9.13. The van der Waals surface area contributed by atoms with Crippen molar-refractivity contribution in [2.45, 2.75) is 6.61 Å². The van der Waals surface area contributed by atoms with Gasteiger partial charge in [0.1, 0.15) is 0 Å². The molecule has 4 heteroatoms. The fraction of sp³-hybridized carbons (Fsp3) is 0.0769. The Balaban J connectivity index is 2.19. The smallest absolute Gasteiger partial charge is 0.255 e. The monoisotopic (exact) mass is 228 g/mol. The zero-order valence-electron chi connectivity index (χ0n) is 9.13. The van der Waals surface area contributed by atoms with Crippen LogP contribution < -0.4 is 5.32 Å². The molecule has 1 amide bonds. The number of carbonyl (C=O) groups excluding carboxylic acids is 1. The van der Waals surface area contributed by atoms with Crippen molar-refractivity contribution in [2.24, 2.45) is 0 Å². The lowest BCUT2D eigenvalue weighted by atomic mass is 10.1. The molecule has 0 bridgehead atoms. The number of pyridine rings is 1. The summed E-state index contributed by atoms with van der Waals surface area (Å²) in [6, 6.07) is 10.4. The van der Waals surface area contributed by atoms with Crippen LogP contribution in [0.4, 0.5) is 5.69 Å². The van der Waals surface area contributed by atoms with Crippen molar-refractivity contribution in [3.8, 4) is 0 Å². The third kappa shape index (κ3) is 2.68. The van der Waals surface area contributed by atoms with Crippen molar-refractivity contribution in [3.05, 3.63) is 59.9 Å². The Bertz CT molecular complexity index is 512. The molecule has 1 aromatic carbocycles. The molecule has 0 aliphatic rings. The summed E-state index contributed by atoms with van der Waals surface area (Å²) in [6.07, 6.45) is 3.12. The van der Waals surface area contributed by atoms with E-state index in [4.69, 9.17) is 5.11 Å². The molecule has 1 aromatic heterocycles. The maximum Gasteiger partial charge on any atom is 0.255 e. The van der Waals surface area contributed by atoms with E-state index in [0.717, 1.165) is 0 Å². The van der Waals surface area contributed by atoms with Crippen LogP contribution in [0, 0.1) is 0 Å². The predicted octanol–water partition coefficient (Wildman–Crippen LogP) is 1.83. The standard InChI is InChI=1S/C13H12N2O2/c16-9-11-3-1-2-4-12(11)15-13(17)10-5-7-14-8-6-10/h1-8,16H,9H2,(H,15,17). The van der Waals surface area contributed by atoms with Gasteiger partial charge in [-0.15, -0.1) is 0 Å². The van der Waals surface area contributed by atoms with Crippen LogP contribution in [0.25, 0.3) is 0 Å². The fourth-order valence-corrected chi connectivity index (χ4v) is 1.48. The Labute approximate surface area is 98.9 Å². The van der Waals surface area contributed by atoms with Crippen molar-refractivity contribution >= 4 is 11.6 Å². The molecule has 0 spiro atoms. The van der Waals surface area contributed by atoms with E-state index >= 15 is 0 Å². The van der Waals surface area contributed by atoms with Gasteiger partial charge in [0.05, 0.1) is 6.61 Å². The highest BCUT2D eigenvalue weighted by Gasteiger charge is 2.07. The number of aliphatic hydroxyl groups is 1. The van der Waals surface area contributed by atoms with Crippen molar-refractivity contribution in [3.63, 3.8) is 0 Å². The van der Waals surface area contributed by atoms with E-state index in [2.05, 4.69) is 10.3 Å². The Hall–Kier alpha value is -2.20. The molecule has 86 valence electrons. The molecule has 0 aliphatic carbocycles.